The van der Waals surface area contributed by atoms with E-state index in [2.05, 4.69) is 40.6 Å². The van der Waals surface area contributed by atoms with Crippen LogP contribution in [0.25, 0.3) is 0 Å². The Hall–Kier alpha value is -1.56. The summed E-state index contributed by atoms with van der Waals surface area (Å²) in [6.07, 6.45) is 5.84. The first kappa shape index (κ1) is 18.2. The predicted octanol–water partition coefficient (Wildman–Crippen LogP) is 2.94. The van der Waals surface area contributed by atoms with Gasteiger partial charge >= 0.3 is 6.03 Å². The molecule has 2 aliphatic rings. The molecule has 0 unspecified atom stereocenters. The van der Waals surface area contributed by atoms with E-state index in [4.69, 9.17) is 4.52 Å². The molecule has 140 valence electrons. The monoisotopic (exact) mass is 348 g/mol. The van der Waals surface area contributed by atoms with Gasteiger partial charge in [0.2, 0.25) is 0 Å². The van der Waals surface area contributed by atoms with Gasteiger partial charge in [-0.3, -0.25) is 4.90 Å². The summed E-state index contributed by atoms with van der Waals surface area (Å²) in [4.78, 5) is 14.2. The van der Waals surface area contributed by atoms with Crippen LogP contribution in [0.3, 0.4) is 0 Å². The molecule has 2 amide bonds. The van der Waals surface area contributed by atoms with Crippen molar-refractivity contribution in [2.45, 2.75) is 65.5 Å². The lowest BCUT2D eigenvalue weighted by Crippen LogP contribution is -2.60. The standard InChI is InChI=1S/C19H32N4O2/c1-4-20-18(24)21-17-11-14(19(17,2)3)10-15-12-16(25-22-15)13-23-8-6-5-7-9-23/h12,14,17H,4-11,13H2,1-3H3,(H2,20,21,24)/t14-,17+/m1/s1. The fourth-order valence-corrected chi connectivity index (χ4v) is 4.09. The Bertz CT molecular complexity index is 578. The molecule has 1 aromatic heterocycles. The Kier molecular flexibility index (Phi) is 5.67. The predicted molar refractivity (Wildman–Crippen MR) is 97.2 cm³/mol. The first-order chi connectivity index (χ1) is 12.0. The Labute approximate surface area is 150 Å². The van der Waals surface area contributed by atoms with Gasteiger partial charge in [0.05, 0.1) is 12.2 Å². The van der Waals surface area contributed by atoms with Crippen LogP contribution in [0.15, 0.2) is 10.6 Å². The summed E-state index contributed by atoms with van der Waals surface area (Å²) in [6.45, 7) is 10.3. The van der Waals surface area contributed by atoms with E-state index in [1.54, 1.807) is 0 Å². The van der Waals surface area contributed by atoms with Crippen molar-refractivity contribution in [3.05, 3.63) is 17.5 Å². The van der Waals surface area contributed by atoms with Crippen molar-refractivity contribution in [3.8, 4) is 0 Å². The maximum atomic E-state index is 11.7. The maximum absolute atomic E-state index is 11.7. The molecule has 1 aliphatic carbocycles. The second-order valence-corrected chi connectivity index (χ2v) is 8.14. The highest BCUT2D eigenvalue weighted by Gasteiger charge is 2.48. The number of urea groups is 1. The van der Waals surface area contributed by atoms with E-state index < -0.39 is 0 Å². The van der Waals surface area contributed by atoms with Crippen molar-refractivity contribution in [1.29, 1.82) is 0 Å². The number of piperidine rings is 1. The molecule has 3 rings (SSSR count). The number of amides is 2. The fourth-order valence-electron chi connectivity index (χ4n) is 4.09. The van der Waals surface area contributed by atoms with Gasteiger partial charge in [-0.15, -0.1) is 0 Å². The minimum Gasteiger partial charge on any atom is -0.360 e. The zero-order valence-corrected chi connectivity index (χ0v) is 15.8. The van der Waals surface area contributed by atoms with Crippen LogP contribution in [0.1, 0.15) is 57.9 Å². The van der Waals surface area contributed by atoms with Crippen LogP contribution in [0.5, 0.6) is 0 Å². The number of carbonyl (C=O) groups is 1. The summed E-state index contributed by atoms with van der Waals surface area (Å²) in [5.41, 5.74) is 1.12. The highest BCUT2D eigenvalue weighted by molar-refractivity contribution is 5.74. The van der Waals surface area contributed by atoms with Crippen molar-refractivity contribution in [2.75, 3.05) is 19.6 Å². The van der Waals surface area contributed by atoms with Crippen molar-refractivity contribution in [2.24, 2.45) is 11.3 Å². The summed E-state index contributed by atoms with van der Waals surface area (Å²) in [5, 5.41) is 10.2. The lowest BCUT2D eigenvalue weighted by molar-refractivity contribution is 0.0201. The van der Waals surface area contributed by atoms with Gasteiger partial charge in [-0.25, -0.2) is 4.79 Å². The summed E-state index contributed by atoms with van der Waals surface area (Å²) in [6, 6.07) is 2.28. The Balaban J connectivity index is 1.49. The van der Waals surface area contributed by atoms with Crippen LogP contribution in [-0.4, -0.2) is 41.8 Å². The molecule has 2 atom stereocenters. The smallest absolute Gasteiger partial charge is 0.315 e. The molecule has 0 radical (unpaired) electrons. The zero-order valence-electron chi connectivity index (χ0n) is 15.8. The maximum Gasteiger partial charge on any atom is 0.315 e. The quantitative estimate of drug-likeness (QED) is 0.829. The topological polar surface area (TPSA) is 70.4 Å². The molecular weight excluding hydrogens is 316 g/mol. The van der Waals surface area contributed by atoms with Gasteiger partial charge in [-0.05, 0) is 57.0 Å². The zero-order chi connectivity index (χ0) is 17.9. The van der Waals surface area contributed by atoms with E-state index in [0.29, 0.717) is 12.5 Å². The van der Waals surface area contributed by atoms with Gasteiger partial charge in [0.15, 0.2) is 5.76 Å². The van der Waals surface area contributed by atoms with Crippen LogP contribution in [0, 0.1) is 11.3 Å². The van der Waals surface area contributed by atoms with Gasteiger partial charge in [0.25, 0.3) is 0 Å². The molecule has 6 nitrogen and oxygen atoms in total. The molecule has 1 saturated heterocycles. The number of nitrogens with one attached hydrogen (secondary N) is 2. The summed E-state index contributed by atoms with van der Waals surface area (Å²) in [7, 11) is 0. The average molecular weight is 348 g/mol. The van der Waals surface area contributed by atoms with Crippen molar-refractivity contribution < 1.29 is 9.32 Å². The van der Waals surface area contributed by atoms with Crippen LogP contribution in [0.4, 0.5) is 4.79 Å². The summed E-state index contributed by atoms with van der Waals surface area (Å²) in [5.74, 6) is 1.50. The van der Waals surface area contributed by atoms with Gasteiger partial charge in [0, 0.05) is 18.7 Å². The van der Waals surface area contributed by atoms with Crippen LogP contribution < -0.4 is 10.6 Å². The molecule has 2 heterocycles. The Morgan fingerprint density at radius 3 is 2.80 bits per heavy atom. The molecule has 0 aromatic carbocycles. The Morgan fingerprint density at radius 1 is 1.36 bits per heavy atom. The second-order valence-electron chi connectivity index (χ2n) is 8.14. The minimum absolute atomic E-state index is 0.0655. The largest absolute Gasteiger partial charge is 0.360 e. The normalized spacial score (nSPS) is 26.0. The van der Waals surface area contributed by atoms with Crippen molar-refractivity contribution in [3.63, 3.8) is 0 Å². The number of likely N-dealkylation sites (tertiary alicyclic amines) is 1. The van der Waals surface area contributed by atoms with Gasteiger partial charge in [-0.2, -0.15) is 0 Å². The van der Waals surface area contributed by atoms with Gasteiger partial charge in [0.1, 0.15) is 0 Å². The van der Waals surface area contributed by atoms with Crippen LogP contribution >= 0.6 is 0 Å². The molecular formula is C19H32N4O2. The number of hydrogen-bond donors (Lipinski definition) is 2. The highest BCUT2D eigenvalue weighted by atomic mass is 16.5. The van der Waals surface area contributed by atoms with Crippen LogP contribution in [-0.2, 0) is 13.0 Å². The summed E-state index contributed by atoms with van der Waals surface area (Å²) >= 11 is 0. The lowest BCUT2D eigenvalue weighted by atomic mass is 9.57. The minimum atomic E-state index is -0.0655. The van der Waals surface area contributed by atoms with Crippen molar-refractivity contribution in [1.82, 2.24) is 20.7 Å². The van der Waals surface area contributed by atoms with E-state index in [0.717, 1.165) is 30.8 Å². The second kappa shape index (κ2) is 7.77. The van der Waals surface area contributed by atoms with E-state index in [-0.39, 0.29) is 17.5 Å². The molecule has 2 fully saturated rings. The number of aromatic nitrogens is 1. The number of rotatable bonds is 6. The van der Waals surface area contributed by atoms with Gasteiger partial charge in [-0.1, -0.05) is 25.4 Å². The van der Waals surface area contributed by atoms with E-state index in [1.807, 2.05) is 6.92 Å². The number of carbonyl (C=O) groups excluding carboxylic acids is 1. The Morgan fingerprint density at radius 2 is 2.12 bits per heavy atom. The lowest BCUT2D eigenvalue weighted by Gasteiger charge is -2.52. The van der Waals surface area contributed by atoms with E-state index >= 15 is 0 Å². The van der Waals surface area contributed by atoms with Crippen LogP contribution in [0.2, 0.25) is 0 Å². The first-order valence-electron chi connectivity index (χ1n) is 9.70. The van der Waals surface area contributed by atoms with E-state index in [1.165, 1.54) is 32.4 Å². The molecule has 1 aromatic rings. The number of hydrogen-bond acceptors (Lipinski definition) is 4. The fraction of sp³-hybridized carbons (Fsp3) is 0.789. The molecule has 25 heavy (non-hydrogen) atoms. The third-order valence-electron chi connectivity index (χ3n) is 6.00. The molecule has 6 heteroatoms. The molecule has 1 aliphatic heterocycles. The third-order valence-corrected chi connectivity index (χ3v) is 6.00. The molecule has 2 N–H and O–H groups in total. The summed E-state index contributed by atoms with van der Waals surface area (Å²) < 4.78 is 5.56. The third kappa shape index (κ3) is 4.35. The molecule has 0 spiro atoms. The molecule has 1 saturated carbocycles. The van der Waals surface area contributed by atoms with E-state index in [9.17, 15) is 4.79 Å². The van der Waals surface area contributed by atoms with Gasteiger partial charge < -0.3 is 15.2 Å². The first-order valence-corrected chi connectivity index (χ1v) is 9.70. The highest BCUT2D eigenvalue weighted by Crippen LogP contribution is 2.47. The average Bonchev–Trinajstić information content (AvgIpc) is 3.02. The molecule has 0 bridgehead atoms. The van der Waals surface area contributed by atoms with Crippen molar-refractivity contribution >= 4 is 6.03 Å². The number of nitrogens with zero attached hydrogens (tertiary/aromatic N) is 2. The SMILES string of the molecule is CCNC(=O)N[C@H]1C[C@@H](Cc2cc(CN3CCCCC3)on2)C1(C)C.